The van der Waals surface area contributed by atoms with Crippen LogP contribution in [0, 0.1) is 0 Å². The minimum atomic E-state index is -0.378. The summed E-state index contributed by atoms with van der Waals surface area (Å²) in [4.78, 5) is 27.4. The SMILES string of the molecule is COc1ccc(Cl)cc1NC(=O)NCc1ccc2c(c1)N(C(=O)c1ccccc1)[C@H](C)C2. The summed E-state index contributed by atoms with van der Waals surface area (Å²) >= 11 is 6.02. The van der Waals surface area contributed by atoms with Gasteiger partial charge in [0.25, 0.3) is 5.91 Å². The third-order valence-electron chi connectivity index (χ3n) is 5.47. The van der Waals surface area contributed by atoms with Crippen molar-refractivity contribution in [2.24, 2.45) is 0 Å². The van der Waals surface area contributed by atoms with E-state index in [1.54, 1.807) is 18.2 Å². The predicted molar refractivity (Wildman–Crippen MR) is 127 cm³/mol. The van der Waals surface area contributed by atoms with Crippen LogP contribution in [0.2, 0.25) is 5.02 Å². The number of amides is 3. The maximum atomic E-state index is 13.1. The molecule has 0 radical (unpaired) electrons. The number of carbonyl (C=O) groups is 2. The van der Waals surface area contributed by atoms with E-state index in [-0.39, 0.29) is 18.0 Å². The Balaban J connectivity index is 1.47. The third-order valence-corrected chi connectivity index (χ3v) is 5.70. The van der Waals surface area contributed by atoms with Gasteiger partial charge in [0.15, 0.2) is 0 Å². The molecule has 32 heavy (non-hydrogen) atoms. The first-order valence-corrected chi connectivity index (χ1v) is 10.7. The summed E-state index contributed by atoms with van der Waals surface area (Å²) in [6.45, 7) is 2.36. The van der Waals surface area contributed by atoms with E-state index in [2.05, 4.69) is 10.6 Å². The summed E-state index contributed by atoms with van der Waals surface area (Å²) in [5.74, 6) is 0.499. The van der Waals surface area contributed by atoms with Crippen LogP contribution in [0.3, 0.4) is 0 Å². The minimum absolute atomic E-state index is 0.0206. The molecular formula is C25H24ClN3O3. The second kappa shape index (κ2) is 9.32. The molecule has 4 rings (SSSR count). The number of benzene rings is 3. The van der Waals surface area contributed by atoms with Gasteiger partial charge in [0.2, 0.25) is 0 Å². The predicted octanol–water partition coefficient (Wildman–Crippen LogP) is 5.26. The van der Waals surface area contributed by atoms with E-state index in [0.717, 1.165) is 23.2 Å². The summed E-state index contributed by atoms with van der Waals surface area (Å²) < 4.78 is 5.26. The highest BCUT2D eigenvalue weighted by Crippen LogP contribution is 2.34. The van der Waals surface area contributed by atoms with Crippen LogP contribution in [0.1, 0.15) is 28.4 Å². The Morgan fingerprint density at radius 1 is 1.09 bits per heavy atom. The van der Waals surface area contributed by atoms with Crippen molar-refractivity contribution in [3.05, 3.63) is 88.4 Å². The Morgan fingerprint density at radius 3 is 2.62 bits per heavy atom. The largest absolute Gasteiger partial charge is 0.495 e. The maximum Gasteiger partial charge on any atom is 0.319 e. The summed E-state index contributed by atoms with van der Waals surface area (Å²) in [5.41, 5.74) is 4.06. The lowest BCUT2D eigenvalue weighted by molar-refractivity contribution is 0.0981. The molecule has 0 bridgehead atoms. The molecule has 1 aliphatic heterocycles. The molecular weight excluding hydrogens is 426 g/mol. The van der Waals surface area contributed by atoms with E-state index >= 15 is 0 Å². The standard InChI is InChI=1S/C25H24ClN3O3/c1-16-12-19-9-8-17(13-22(19)29(16)24(30)18-6-4-3-5-7-18)15-27-25(31)28-21-14-20(26)10-11-23(21)32-2/h3-11,13-14,16H,12,15H2,1-2H3,(H2,27,28,31)/t16-/m1/s1. The molecule has 164 valence electrons. The lowest BCUT2D eigenvalue weighted by Gasteiger charge is -2.23. The molecule has 1 heterocycles. The zero-order valence-corrected chi connectivity index (χ0v) is 18.6. The Bertz CT molecular complexity index is 1150. The topological polar surface area (TPSA) is 70.7 Å². The van der Waals surface area contributed by atoms with Crippen molar-refractivity contribution in [3.63, 3.8) is 0 Å². The highest BCUT2D eigenvalue weighted by atomic mass is 35.5. The number of nitrogens with one attached hydrogen (secondary N) is 2. The minimum Gasteiger partial charge on any atom is -0.495 e. The first-order valence-electron chi connectivity index (χ1n) is 10.3. The van der Waals surface area contributed by atoms with E-state index < -0.39 is 0 Å². The maximum absolute atomic E-state index is 13.1. The lowest BCUT2D eigenvalue weighted by atomic mass is 10.1. The Morgan fingerprint density at radius 2 is 1.88 bits per heavy atom. The Labute approximate surface area is 192 Å². The Hall–Kier alpha value is -3.51. The van der Waals surface area contributed by atoms with Crippen LogP contribution in [0.5, 0.6) is 5.75 Å². The van der Waals surface area contributed by atoms with Gasteiger partial charge in [-0.3, -0.25) is 4.79 Å². The molecule has 0 aromatic heterocycles. The normalized spacial score (nSPS) is 14.6. The first-order chi connectivity index (χ1) is 15.5. The van der Waals surface area contributed by atoms with E-state index in [1.165, 1.54) is 7.11 Å². The second-order valence-electron chi connectivity index (χ2n) is 7.71. The van der Waals surface area contributed by atoms with Crippen molar-refractivity contribution in [2.45, 2.75) is 25.9 Å². The molecule has 2 N–H and O–H groups in total. The van der Waals surface area contributed by atoms with E-state index in [4.69, 9.17) is 16.3 Å². The van der Waals surface area contributed by atoms with E-state index in [0.29, 0.717) is 28.6 Å². The molecule has 6 nitrogen and oxygen atoms in total. The number of anilines is 2. The zero-order valence-electron chi connectivity index (χ0n) is 17.9. The fourth-order valence-electron chi connectivity index (χ4n) is 3.92. The number of nitrogens with zero attached hydrogens (tertiary/aromatic N) is 1. The number of ether oxygens (including phenoxy) is 1. The van der Waals surface area contributed by atoms with E-state index in [9.17, 15) is 9.59 Å². The van der Waals surface area contributed by atoms with Gasteiger partial charge in [0, 0.05) is 28.9 Å². The number of fused-ring (bicyclic) bond motifs is 1. The molecule has 0 spiro atoms. The van der Waals surface area contributed by atoms with Gasteiger partial charge in [-0.1, -0.05) is 41.9 Å². The molecule has 7 heteroatoms. The van der Waals surface area contributed by atoms with Crippen LogP contribution in [0.15, 0.2) is 66.7 Å². The van der Waals surface area contributed by atoms with Crippen molar-refractivity contribution in [1.82, 2.24) is 5.32 Å². The molecule has 1 aliphatic rings. The Kier molecular flexibility index (Phi) is 6.32. The summed E-state index contributed by atoms with van der Waals surface area (Å²) in [7, 11) is 1.53. The molecule has 0 saturated heterocycles. The lowest BCUT2D eigenvalue weighted by Crippen LogP contribution is -2.35. The van der Waals surface area contributed by atoms with Gasteiger partial charge < -0.3 is 20.3 Å². The van der Waals surface area contributed by atoms with Crippen LogP contribution in [0.4, 0.5) is 16.2 Å². The van der Waals surface area contributed by atoms with Crippen LogP contribution in [0.25, 0.3) is 0 Å². The van der Waals surface area contributed by atoms with Gasteiger partial charge in [0.05, 0.1) is 12.8 Å². The number of halogens is 1. The van der Waals surface area contributed by atoms with Gasteiger partial charge in [-0.25, -0.2) is 4.79 Å². The van der Waals surface area contributed by atoms with Gasteiger partial charge >= 0.3 is 6.03 Å². The van der Waals surface area contributed by atoms with Crippen LogP contribution in [-0.4, -0.2) is 25.1 Å². The molecule has 0 unspecified atom stereocenters. The fourth-order valence-corrected chi connectivity index (χ4v) is 4.09. The fraction of sp³-hybridized carbons (Fsp3) is 0.200. The summed E-state index contributed by atoms with van der Waals surface area (Å²) in [6.07, 6.45) is 0.802. The molecule has 3 amide bonds. The number of rotatable bonds is 5. The van der Waals surface area contributed by atoms with Gasteiger partial charge in [-0.2, -0.15) is 0 Å². The molecule has 0 fully saturated rings. The van der Waals surface area contributed by atoms with Gasteiger partial charge in [-0.05, 0) is 60.9 Å². The molecule has 0 aliphatic carbocycles. The van der Waals surface area contributed by atoms with Crippen molar-refractivity contribution >= 4 is 34.9 Å². The molecule has 0 saturated carbocycles. The van der Waals surface area contributed by atoms with Crippen molar-refractivity contribution in [3.8, 4) is 5.75 Å². The van der Waals surface area contributed by atoms with Crippen molar-refractivity contribution < 1.29 is 14.3 Å². The quantitative estimate of drug-likeness (QED) is 0.558. The summed E-state index contributed by atoms with van der Waals surface area (Å²) in [5, 5.41) is 6.10. The van der Waals surface area contributed by atoms with E-state index in [1.807, 2.05) is 60.4 Å². The second-order valence-corrected chi connectivity index (χ2v) is 8.15. The average Bonchev–Trinajstić information content (AvgIpc) is 3.13. The summed E-state index contributed by atoms with van der Waals surface area (Å²) in [6, 6.07) is 20.0. The molecule has 1 atom stereocenters. The highest BCUT2D eigenvalue weighted by Gasteiger charge is 2.31. The highest BCUT2D eigenvalue weighted by molar-refractivity contribution is 6.31. The van der Waals surface area contributed by atoms with Crippen molar-refractivity contribution in [2.75, 3.05) is 17.3 Å². The van der Waals surface area contributed by atoms with Crippen LogP contribution in [-0.2, 0) is 13.0 Å². The zero-order chi connectivity index (χ0) is 22.7. The van der Waals surface area contributed by atoms with Gasteiger partial charge in [0.1, 0.15) is 5.75 Å². The molecule has 3 aromatic carbocycles. The number of hydrogen-bond acceptors (Lipinski definition) is 3. The van der Waals surface area contributed by atoms with Gasteiger partial charge in [-0.15, -0.1) is 0 Å². The van der Waals surface area contributed by atoms with Crippen LogP contribution < -0.4 is 20.3 Å². The van der Waals surface area contributed by atoms with Crippen molar-refractivity contribution in [1.29, 1.82) is 0 Å². The molecule has 3 aromatic rings. The number of carbonyl (C=O) groups excluding carboxylic acids is 2. The average molecular weight is 450 g/mol. The number of hydrogen-bond donors (Lipinski definition) is 2. The monoisotopic (exact) mass is 449 g/mol. The number of urea groups is 1. The third kappa shape index (κ3) is 4.55. The number of methoxy groups -OCH3 is 1. The first kappa shape index (κ1) is 21.7. The van der Waals surface area contributed by atoms with Crippen LogP contribution >= 0.6 is 11.6 Å². The smallest absolute Gasteiger partial charge is 0.319 e.